The summed E-state index contributed by atoms with van der Waals surface area (Å²) in [4.78, 5) is 12.0. The number of amides is 1. The van der Waals surface area contributed by atoms with E-state index in [4.69, 9.17) is 4.74 Å². The third-order valence-electron chi connectivity index (χ3n) is 3.15. The molecule has 0 aliphatic heterocycles. The van der Waals surface area contributed by atoms with E-state index in [0.29, 0.717) is 11.0 Å². The lowest BCUT2D eigenvalue weighted by Crippen LogP contribution is -2.36. The average Bonchev–Trinajstić information content (AvgIpc) is 2.49. The number of hydrogen-bond donors (Lipinski definition) is 1. The SMILES string of the molecule is Cc1ccc(CNC(=O)[C@@H](C)Oc2ccc(Br)cc2F)cc1. The zero-order chi connectivity index (χ0) is 16.1. The third kappa shape index (κ3) is 4.56. The molecular weight excluding hydrogens is 349 g/mol. The lowest BCUT2D eigenvalue weighted by atomic mass is 10.1. The lowest BCUT2D eigenvalue weighted by molar-refractivity contribution is -0.127. The summed E-state index contributed by atoms with van der Waals surface area (Å²) < 4.78 is 19.7. The van der Waals surface area contributed by atoms with Crippen molar-refractivity contribution in [1.82, 2.24) is 5.32 Å². The van der Waals surface area contributed by atoms with Gasteiger partial charge in [0.15, 0.2) is 17.7 Å². The van der Waals surface area contributed by atoms with Crippen molar-refractivity contribution in [2.45, 2.75) is 26.5 Å². The highest BCUT2D eigenvalue weighted by molar-refractivity contribution is 9.10. The van der Waals surface area contributed by atoms with Gasteiger partial charge in [0.1, 0.15) is 0 Å². The van der Waals surface area contributed by atoms with Gasteiger partial charge in [-0.1, -0.05) is 45.8 Å². The van der Waals surface area contributed by atoms with E-state index in [-0.39, 0.29) is 11.7 Å². The van der Waals surface area contributed by atoms with Gasteiger partial charge in [-0.3, -0.25) is 4.79 Å². The minimum absolute atomic E-state index is 0.0567. The van der Waals surface area contributed by atoms with Crippen LogP contribution in [0, 0.1) is 12.7 Å². The Morgan fingerprint density at radius 1 is 1.27 bits per heavy atom. The molecule has 2 aromatic rings. The number of halogens is 2. The molecule has 0 heterocycles. The molecule has 0 unspecified atom stereocenters. The van der Waals surface area contributed by atoms with E-state index in [1.165, 1.54) is 12.1 Å². The van der Waals surface area contributed by atoms with Crippen LogP contribution in [0.2, 0.25) is 0 Å². The van der Waals surface area contributed by atoms with Crippen LogP contribution in [0.1, 0.15) is 18.1 Å². The van der Waals surface area contributed by atoms with Gasteiger partial charge in [-0.2, -0.15) is 0 Å². The second-order valence-corrected chi connectivity index (χ2v) is 5.95. The topological polar surface area (TPSA) is 38.3 Å². The first-order valence-electron chi connectivity index (χ1n) is 6.90. The number of rotatable bonds is 5. The molecule has 116 valence electrons. The molecule has 0 fully saturated rings. The van der Waals surface area contributed by atoms with E-state index in [1.54, 1.807) is 13.0 Å². The highest BCUT2D eigenvalue weighted by atomic mass is 79.9. The predicted molar refractivity (Wildman–Crippen MR) is 87.2 cm³/mol. The highest BCUT2D eigenvalue weighted by Gasteiger charge is 2.16. The molecule has 1 atom stereocenters. The van der Waals surface area contributed by atoms with Crippen molar-refractivity contribution < 1.29 is 13.9 Å². The van der Waals surface area contributed by atoms with Gasteiger partial charge >= 0.3 is 0 Å². The largest absolute Gasteiger partial charge is 0.478 e. The number of nitrogens with one attached hydrogen (secondary N) is 1. The Bertz CT molecular complexity index is 658. The van der Waals surface area contributed by atoms with Gasteiger partial charge in [-0.15, -0.1) is 0 Å². The van der Waals surface area contributed by atoms with E-state index in [2.05, 4.69) is 21.2 Å². The van der Waals surface area contributed by atoms with Crippen LogP contribution in [0.25, 0.3) is 0 Å². The fourth-order valence-electron chi connectivity index (χ4n) is 1.85. The van der Waals surface area contributed by atoms with Gasteiger partial charge in [-0.05, 0) is 37.6 Å². The van der Waals surface area contributed by atoms with Crippen LogP contribution in [0.4, 0.5) is 4.39 Å². The summed E-state index contributed by atoms with van der Waals surface area (Å²) in [5.41, 5.74) is 2.17. The number of aryl methyl sites for hydroxylation is 1. The maximum atomic E-state index is 13.7. The predicted octanol–water partition coefficient (Wildman–Crippen LogP) is 3.98. The van der Waals surface area contributed by atoms with Gasteiger partial charge in [0.05, 0.1) is 0 Å². The van der Waals surface area contributed by atoms with Crippen LogP contribution in [0.5, 0.6) is 5.75 Å². The maximum Gasteiger partial charge on any atom is 0.261 e. The quantitative estimate of drug-likeness (QED) is 0.869. The first kappa shape index (κ1) is 16.5. The molecular formula is C17H17BrFNO2. The highest BCUT2D eigenvalue weighted by Crippen LogP contribution is 2.22. The van der Waals surface area contributed by atoms with Gasteiger partial charge in [0.2, 0.25) is 0 Å². The Hall–Kier alpha value is -1.88. The smallest absolute Gasteiger partial charge is 0.261 e. The number of carbonyl (C=O) groups excluding carboxylic acids is 1. The van der Waals surface area contributed by atoms with Crippen molar-refractivity contribution >= 4 is 21.8 Å². The van der Waals surface area contributed by atoms with Crippen molar-refractivity contribution in [3.63, 3.8) is 0 Å². The second-order valence-electron chi connectivity index (χ2n) is 5.04. The first-order chi connectivity index (χ1) is 10.5. The fraction of sp³-hybridized carbons (Fsp3) is 0.235. The summed E-state index contributed by atoms with van der Waals surface area (Å²) in [6, 6.07) is 12.3. The number of carbonyl (C=O) groups is 1. The molecule has 5 heteroatoms. The van der Waals surface area contributed by atoms with Crippen LogP contribution >= 0.6 is 15.9 Å². The Balaban J connectivity index is 1.90. The van der Waals surface area contributed by atoms with Crippen LogP contribution < -0.4 is 10.1 Å². The summed E-state index contributed by atoms with van der Waals surface area (Å²) in [7, 11) is 0. The molecule has 22 heavy (non-hydrogen) atoms. The zero-order valence-electron chi connectivity index (χ0n) is 12.4. The van der Waals surface area contributed by atoms with E-state index in [9.17, 15) is 9.18 Å². The van der Waals surface area contributed by atoms with Crippen molar-refractivity contribution in [3.8, 4) is 5.75 Å². The van der Waals surface area contributed by atoms with Gasteiger partial charge in [0.25, 0.3) is 5.91 Å². The molecule has 0 saturated heterocycles. The standard InChI is InChI=1S/C17H17BrFNO2/c1-11-3-5-13(6-4-11)10-20-17(21)12(2)22-16-8-7-14(18)9-15(16)19/h3-9,12H,10H2,1-2H3,(H,20,21)/t12-/m1/s1. The molecule has 0 spiro atoms. The van der Waals surface area contributed by atoms with E-state index >= 15 is 0 Å². The molecule has 3 nitrogen and oxygen atoms in total. The number of ether oxygens (including phenoxy) is 1. The van der Waals surface area contributed by atoms with E-state index in [1.807, 2.05) is 31.2 Å². The molecule has 0 aliphatic carbocycles. The van der Waals surface area contributed by atoms with Crippen LogP contribution in [-0.4, -0.2) is 12.0 Å². The molecule has 1 amide bonds. The van der Waals surface area contributed by atoms with Crippen LogP contribution in [0.15, 0.2) is 46.9 Å². The summed E-state index contributed by atoms with van der Waals surface area (Å²) in [5.74, 6) is -0.739. The Kier molecular flexibility index (Phi) is 5.55. The van der Waals surface area contributed by atoms with Crippen molar-refractivity contribution in [2.24, 2.45) is 0 Å². The Morgan fingerprint density at radius 3 is 2.59 bits per heavy atom. The van der Waals surface area contributed by atoms with Crippen molar-refractivity contribution in [2.75, 3.05) is 0 Å². The van der Waals surface area contributed by atoms with Crippen LogP contribution in [-0.2, 0) is 11.3 Å². The normalized spacial score (nSPS) is 11.8. The summed E-state index contributed by atoms with van der Waals surface area (Å²) >= 11 is 3.17. The van der Waals surface area contributed by atoms with Crippen LogP contribution in [0.3, 0.4) is 0 Å². The molecule has 0 aromatic heterocycles. The first-order valence-corrected chi connectivity index (χ1v) is 7.70. The molecule has 0 radical (unpaired) electrons. The minimum Gasteiger partial charge on any atom is -0.478 e. The van der Waals surface area contributed by atoms with E-state index < -0.39 is 11.9 Å². The summed E-state index contributed by atoms with van der Waals surface area (Å²) in [5, 5.41) is 2.77. The molecule has 2 aromatic carbocycles. The average molecular weight is 366 g/mol. The molecule has 0 saturated carbocycles. The third-order valence-corrected chi connectivity index (χ3v) is 3.65. The summed E-state index contributed by atoms with van der Waals surface area (Å²) in [6.45, 7) is 4.01. The number of hydrogen-bond acceptors (Lipinski definition) is 2. The Labute approximate surface area is 137 Å². The van der Waals surface area contributed by atoms with E-state index in [0.717, 1.165) is 11.1 Å². The van der Waals surface area contributed by atoms with Gasteiger partial charge in [-0.25, -0.2) is 4.39 Å². The van der Waals surface area contributed by atoms with Gasteiger partial charge < -0.3 is 10.1 Å². The van der Waals surface area contributed by atoms with Gasteiger partial charge in [0, 0.05) is 11.0 Å². The number of benzene rings is 2. The zero-order valence-corrected chi connectivity index (χ0v) is 14.0. The fourth-order valence-corrected chi connectivity index (χ4v) is 2.19. The molecule has 0 aliphatic rings. The monoisotopic (exact) mass is 365 g/mol. The molecule has 0 bridgehead atoms. The summed E-state index contributed by atoms with van der Waals surface area (Å²) in [6.07, 6.45) is -0.777. The molecule has 1 N–H and O–H groups in total. The Morgan fingerprint density at radius 2 is 1.95 bits per heavy atom. The minimum atomic E-state index is -0.777. The molecule has 2 rings (SSSR count). The lowest BCUT2D eigenvalue weighted by Gasteiger charge is -2.15. The van der Waals surface area contributed by atoms with Crippen molar-refractivity contribution in [3.05, 3.63) is 63.9 Å². The maximum absolute atomic E-state index is 13.7. The van der Waals surface area contributed by atoms with Crippen molar-refractivity contribution in [1.29, 1.82) is 0 Å². The second kappa shape index (κ2) is 7.40.